The first-order valence-electron chi connectivity index (χ1n) is 6.56. The number of halogens is 2. The fourth-order valence-electron chi connectivity index (χ4n) is 2.46. The maximum atomic E-state index is 13.8. The molecule has 8 heteroatoms. The molecule has 1 saturated heterocycles. The molecule has 0 aliphatic carbocycles. The summed E-state index contributed by atoms with van der Waals surface area (Å²) in [6.07, 6.45) is 1.04. The van der Waals surface area contributed by atoms with Crippen molar-refractivity contribution in [1.29, 1.82) is 0 Å². The highest BCUT2D eigenvalue weighted by atomic mass is 19.2. The van der Waals surface area contributed by atoms with Crippen LogP contribution >= 0.6 is 0 Å². The van der Waals surface area contributed by atoms with Crippen molar-refractivity contribution < 1.29 is 18.5 Å². The Morgan fingerprint density at radius 1 is 1.52 bits per heavy atom. The molecule has 1 atom stereocenters. The van der Waals surface area contributed by atoms with Crippen LogP contribution in [0.25, 0.3) is 0 Å². The minimum Gasteiger partial charge on any atom is -0.317 e. The predicted molar refractivity (Wildman–Crippen MR) is 71.9 cm³/mol. The number of hydrogen-bond donors (Lipinski definition) is 2. The van der Waals surface area contributed by atoms with E-state index in [-0.39, 0.29) is 0 Å². The summed E-state index contributed by atoms with van der Waals surface area (Å²) in [4.78, 5) is 22.4. The van der Waals surface area contributed by atoms with Crippen LogP contribution in [0.2, 0.25) is 0 Å². The number of nitrogens with one attached hydrogen (secondary N) is 2. The molecule has 0 spiro atoms. The molecule has 0 bridgehead atoms. The Morgan fingerprint density at radius 3 is 2.76 bits per heavy atom. The number of nitrogens with zero attached hydrogens (tertiary/aromatic N) is 1. The van der Waals surface area contributed by atoms with E-state index in [1.807, 2.05) is 6.92 Å². The van der Waals surface area contributed by atoms with E-state index >= 15 is 0 Å². The summed E-state index contributed by atoms with van der Waals surface area (Å²) in [6.45, 7) is 2.85. The molecule has 1 aliphatic heterocycles. The van der Waals surface area contributed by atoms with Crippen molar-refractivity contribution >= 4 is 17.3 Å². The molecule has 114 valence electrons. The largest absolute Gasteiger partial charge is 0.317 e. The summed E-state index contributed by atoms with van der Waals surface area (Å²) in [6, 6.07) is 1.50. The number of amides is 1. The Kier molecular flexibility index (Phi) is 4.17. The smallest absolute Gasteiger partial charge is 0.296 e. The van der Waals surface area contributed by atoms with Gasteiger partial charge in [0.1, 0.15) is 0 Å². The van der Waals surface area contributed by atoms with Crippen LogP contribution in [0.15, 0.2) is 12.1 Å². The van der Waals surface area contributed by atoms with E-state index < -0.39 is 39.3 Å². The summed E-state index contributed by atoms with van der Waals surface area (Å²) in [5, 5.41) is 16.1. The molecule has 1 aromatic carbocycles. The lowest BCUT2D eigenvalue weighted by molar-refractivity contribution is -0.384. The van der Waals surface area contributed by atoms with Gasteiger partial charge in [0.05, 0.1) is 10.3 Å². The second-order valence-electron chi connectivity index (χ2n) is 5.03. The zero-order valence-electron chi connectivity index (χ0n) is 11.4. The van der Waals surface area contributed by atoms with Gasteiger partial charge in [0.15, 0.2) is 17.3 Å². The van der Waals surface area contributed by atoms with Crippen molar-refractivity contribution in [2.45, 2.75) is 19.8 Å². The third kappa shape index (κ3) is 2.71. The Bertz CT molecular complexity index is 586. The van der Waals surface area contributed by atoms with Crippen molar-refractivity contribution in [3.8, 4) is 0 Å². The lowest BCUT2D eigenvalue weighted by Gasteiger charge is -2.25. The van der Waals surface area contributed by atoms with E-state index in [0.29, 0.717) is 32.0 Å². The van der Waals surface area contributed by atoms with Crippen molar-refractivity contribution in [2.75, 3.05) is 18.4 Å². The average molecular weight is 299 g/mol. The number of nitro benzene ring substituents is 1. The molecule has 1 unspecified atom stereocenters. The highest BCUT2D eigenvalue weighted by Gasteiger charge is 2.40. The van der Waals surface area contributed by atoms with Gasteiger partial charge in [0.2, 0.25) is 5.91 Å². The molecular formula is C13H15F2N3O3. The molecule has 0 saturated carbocycles. The van der Waals surface area contributed by atoms with E-state index in [2.05, 4.69) is 10.6 Å². The first kappa shape index (κ1) is 15.3. The van der Waals surface area contributed by atoms with E-state index in [9.17, 15) is 23.7 Å². The SMILES string of the molecule is CCC1(C(=O)Nc2c([N+](=O)[O-])ccc(F)c2F)CCNC1. The molecule has 1 amide bonds. The Hall–Kier alpha value is -2.09. The third-order valence-electron chi connectivity index (χ3n) is 3.91. The van der Waals surface area contributed by atoms with Crippen LogP contribution < -0.4 is 10.6 Å². The quantitative estimate of drug-likeness (QED) is 0.659. The summed E-state index contributed by atoms with van der Waals surface area (Å²) < 4.78 is 27.1. The first-order valence-corrected chi connectivity index (χ1v) is 6.56. The third-order valence-corrected chi connectivity index (χ3v) is 3.91. The van der Waals surface area contributed by atoms with Crippen molar-refractivity contribution in [1.82, 2.24) is 5.32 Å². The van der Waals surface area contributed by atoms with E-state index in [1.54, 1.807) is 0 Å². The second-order valence-corrected chi connectivity index (χ2v) is 5.03. The van der Waals surface area contributed by atoms with E-state index in [4.69, 9.17) is 0 Å². The maximum absolute atomic E-state index is 13.8. The Balaban J connectivity index is 2.37. The van der Waals surface area contributed by atoms with Gasteiger partial charge >= 0.3 is 0 Å². The van der Waals surface area contributed by atoms with Gasteiger partial charge < -0.3 is 10.6 Å². The number of hydrogen-bond acceptors (Lipinski definition) is 4. The summed E-state index contributed by atoms with van der Waals surface area (Å²) in [7, 11) is 0. The van der Waals surface area contributed by atoms with Crippen LogP contribution in [0.4, 0.5) is 20.2 Å². The standard InChI is InChI=1S/C13H15F2N3O3/c1-2-13(5-6-16-7-13)12(19)17-11-9(18(20)21)4-3-8(14)10(11)15/h3-4,16H,2,5-7H2,1H3,(H,17,19). The molecule has 1 fully saturated rings. The van der Waals surface area contributed by atoms with Gasteiger partial charge in [-0.15, -0.1) is 0 Å². The molecular weight excluding hydrogens is 284 g/mol. The molecule has 1 aromatic rings. The molecule has 0 radical (unpaired) electrons. The van der Waals surface area contributed by atoms with Crippen LogP contribution in [0.5, 0.6) is 0 Å². The number of nitro groups is 1. The van der Waals surface area contributed by atoms with E-state index in [0.717, 1.165) is 6.07 Å². The minimum absolute atomic E-state index is 0.403. The average Bonchev–Trinajstić information content (AvgIpc) is 2.93. The van der Waals surface area contributed by atoms with Gasteiger partial charge in [0.25, 0.3) is 5.69 Å². The van der Waals surface area contributed by atoms with Crippen LogP contribution in [-0.4, -0.2) is 23.9 Å². The monoisotopic (exact) mass is 299 g/mol. The number of anilines is 1. The molecule has 2 N–H and O–H groups in total. The summed E-state index contributed by atoms with van der Waals surface area (Å²) in [5.41, 5.74) is -2.14. The summed E-state index contributed by atoms with van der Waals surface area (Å²) in [5.74, 6) is -3.21. The molecule has 2 rings (SSSR count). The lowest BCUT2D eigenvalue weighted by Crippen LogP contribution is -2.38. The van der Waals surface area contributed by atoms with Gasteiger partial charge in [-0.3, -0.25) is 14.9 Å². The topological polar surface area (TPSA) is 84.3 Å². The van der Waals surface area contributed by atoms with Crippen LogP contribution in [0.1, 0.15) is 19.8 Å². The fourth-order valence-corrected chi connectivity index (χ4v) is 2.46. The Morgan fingerprint density at radius 2 is 2.24 bits per heavy atom. The number of carbonyl (C=O) groups excluding carboxylic acids is 1. The Labute approximate surface area is 119 Å². The lowest BCUT2D eigenvalue weighted by atomic mass is 9.83. The second kappa shape index (κ2) is 5.72. The van der Waals surface area contributed by atoms with Gasteiger partial charge in [-0.2, -0.15) is 0 Å². The minimum atomic E-state index is -1.42. The fraction of sp³-hybridized carbons (Fsp3) is 0.462. The number of benzene rings is 1. The zero-order valence-corrected chi connectivity index (χ0v) is 11.4. The number of carbonyl (C=O) groups is 1. The predicted octanol–water partition coefficient (Wildman–Crippen LogP) is 2.20. The molecule has 1 heterocycles. The number of rotatable bonds is 4. The maximum Gasteiger partial charge on any atom is 0.296 e. The molecule has 6 nitrogen and oxygen atoms in total. The van der Waals surface area contributed by atoms with E-state index in [1.165, 1.54) is 0 Å². The highest BCUT2D eigenvalue weighted by molar-refractivity contribution is 5.97. The van der Waals surface area contributed by atoms with Crippen LogP contribution in [0.3, 0.4) is 0 Å². The first-order chi connectivity index (χ1) is 9.91. The van der Waals surface area contributed by atoms with Gasteiger partial charge in [-0.1, -0.05) is 6.92 Å². The molecule has 1 aliphatic rings. The van der Waals surface area contributed by atoms with Crippen molar-refractivity contribution in [3.63, 3.8) is 0 Å². The van der Waals surface area contributed by atoms with Crippen LogP contribution in [-0.2, 0) is 4.79 Å². The van der Waals surface area contributed by atoms with Gasteiger partial charge in [0, 0.05) is 12.6 Å². The van der Waals surface area contributed by atoms with Crippen molar-refractivity contribution in [3.05, 3.63) is 33.9 Å². The van der Waals surface area contributed by atoms with Crippen LogP contribution in [0, 0.1) is 27.2 Å². The van der Waals surface area contributed by atoms with Gasteiger partial charge in [-0.05, 0) is 25.5 Å². The van der Waals surface area contributed by atoms with Gasteiger partial charge in [-0.25, -0.2) is 8.78 Å². The highest BCUT2D eigenvalue weighted by Crippen LogP contribution is 2.34. The summed E-state index contributed by atoms with van der Waals surface area (Å²) >= 11 is 0. The van der Waals surface area contributed by atoms with Crippen molar-refractivity contribution in [2.24, 2.45) is 5.41 Å². The molecule has 0 aromatic heterocycles. The molecule has 21 heavy (non-hydrogen) atoms. The normalized spacial score (nSPS) is 21.3. The zero-order chi connectivity index (χ0) is 15.6.